The van der Waals surface area contributed by atoms with Gasteiger partial charge in [-0.15, -0.1) is 0 Å². The molecule has 0 spiro atoms. The number of nitrogens with one attached hydrogen (secondary N) is 1. The summed E-state index contributed by atoms with van der Waals surface area (Å²) in [6, 6.07) is 8.39. The molecule has 0 saturated carbocycles. The van der Waals surface area contributed by atoms with E-state index in [4.69, 9.17) is 5.14 Å². The number of rotatable bonds is 6. The Bertz CT molecular complexity index is 1290. The van der Waals surface area contributed by atoms with Gasteiger partial charge in [0.05, 0.1) is 12.6 Å². The van der Waals surface area contributed by atoms with E-state index in [1.165, 1.54) is 24.7 Å². The maximum atomic E-state index is 15.0. The van der Waals surface area contributed by atoms with Gasteiger partial charge in [-0.2, -0.15) is 18.2 Å². The number of halogens is 4. The standard InChI is InChI=1S/C23H25F4N4O2S/c1-29-21-10-15-9-20(24)16(11-31(2)12-22(30-13-31)34(28,32)33)8-18(15)19(21)7-14-4-3-5-17(6-14)23(25,26)27/h3-6,8-9,12-13,19,21,29H,7,10-11H2,1-2H3,(H2,28,32,33)/q+1. The summed E-state index contributed by atoms with van der Waals surface area (Å²) < 4.78 is 77.6. The first-order valence-corrected chi connectivity index (χ1v) is 12.1. The monoisotopic (exact) mass is 497 g/mol. The van der Waals surface area contributed by atoms with E-state index in [0.717, 1.165) is 23.3 Å². The third-order valence-corrected chi connectivity index (χ3v) is 7.16. The molecule has 3 atom stereocenters. The first-order chi connectivity index (χ1) is 15.8. The molecule has 1 aliphatic carbocycles. The number of sulfonamides is 1. The van der Waals surface area contributed by atoms with Crippen molar-refractivity contribution in [2.45, 2.75) is 37.5 Å². The normalized spacial score (nSPS) is 24.4. The summed E-state index contributed by atoms with van der Waals surface area (Å²) in [6.07, 6.45) is -0.796. The number of aliphatic imine (C=N–C) groups is 1. The van der Waals surface area contributed by atoms with Crippen molar-refractivity contribution in [3.05, 3.63) is 81.3 Å². The Labute approximate surface area is 195 Å². The quantitative estimate of drug-likeness (QED) is 0.474. The molecule has 182 valence electrons. The molecule has 0 aromatic heterocycles. The van der Waals surface area contributed by atoms with E-state index >= 15 is 4.39 Å². The van der Waals surface area contributed by atoms with E-state index in [0.29, 0.717) is 24.0 Å². The minimum atomic E-state index is -4.43. The summed E-state index contributed by atoms with van der Waals surface area (Å²) in [4.78, 5) is 3.85. The third-order valence-electron chi connectivity index (χ3n) is 6.37. The second-order valence-electron chi connectivity index (χ2n) is 9.01. The number of primary sulfonamides is 1. The molecule has 0 bridgehead atoms. The van der Waals surface area contributed by atoms with Gasteiger partial charge in [-0.05, 0) is 54.8 Å². The molecule has 3 unspecified atom stereocenters. The van der Waals surface area contributed by atoms with Crippen LogP contribution >= 0.6 is 0 Å². The van der Waals surface area contributed by atoms with Gasteiger partial charge in [-0.3, -0.25) is 4.48 Å². The van der Waals surface area contributed by atoms with Crippen molar-refractivity contribution in [3.63, 3.8) is 0 Å². The number of nitrogens with zero attached hydrogens (tertiary/aromatic N) is 2. The van der Waals surface area contributed by atoms with Gasteiger partial charge < -0.3 is 5.32 Å². The van der Waals surface area contributed by atoms with Crippen LogP contribution in [0.4, 0.5) is 17.6 Å². The molecule has 3 N–H and O–H groups in total. The Kier molecular flexibility index (Phi) is 6.17. The van der Waals surface area contributed by atoms with Crippen LogP contribution in [0.1, 0.15) is 33.7 Å². The predicted octanol–water partition coefficient (Wildman–Crippen LogP) is 3.39. The van der Waals surface area contributed by atoms with Crippen LogP contribution in [-0.4, -0.2) is 39.4 Å². The maximum Gasteiger partial charge on any atom is 0.416 e. The van der Waals surface area contributed by atoms with Crippen LogP contribution in [0.15, 0.2) is 52.6 Å². The van der Waals surface area contributed by atoms with Gasteiger partial charge in [0.2, 0.25) is 5.03 Å². The summed E-state index contributed by atoms with van der Waals surface area (Å²) in [5.74, 6) is -0.588. The van der Waals surface area contributed by atoms with Crippen LogP contribution in [0.5, 0.6) is 0 Å². The highest BCUT2D eigenvalue weighted by Crippen LogP contribution is 2.39. The smallest absolute Gasteiger partial charge is 0.316 e. The van der Waals surface area contributed by atoms with Crippen LogP contribution in [0.2, 0.25) is 0 Å². The molecule has 2 aromatic carbocycles. The summed E-state index contributed by atoms with van der Waals surface area (Å²) in [6.45, 7) is 0.0993. The average Bonchev–Trinajstić information content (AvgIpc) is 3.29. The maximum absolute atomic E-state index is 15.0. The van der Waals surface area contributed by atoms with Gasteiger partial charge in [0.25, 0.3) is 10.0 Å². The molecule has 0 radical (unpaired) electrons. The number of likely N-dealkylation sites (N-methyl/N-ethyl adjacent to an activating group) is 1. The second kappa shape index (κ2) is 8.56. The largest absolute Gasteiger partial charge is 0.416 e. The van der Waals surface area contributed by atoms with E-state index in [2.05, 4.69) is 10.3 Å². The molecule has 0 amide bonds. The summed E-state index contributed by atoms with van der Waals surface area (Å²) in [5, 5.41) is 8.07. The first-order valence-electron chi connectivity index (χ1n) is 10.6. The Morgan fingerprint density at radius 3 is 2.59 bits per heavy atom. The van der Waals surface area contributed by atoms with Crippen LogP contribution < -0.4 is 10.5 Å². The lowest BCUT2D eigenvalue weighted by Gasteiger charge is -2.24. The molecular weight excluding hydrogens is 472 g/mol. The Hall–Kier alpha value is -2.60. The minimum Gasteiger partial charge on any atom is -0.316 e. The molecule has 2 aliphatic rings. The summed E-state index contributed by atoms with van der Waals surface area (Å²) in [5.41, 5.74) is 1.87. The zero-order valence-electron chi connectivity index (χ0n) is 18.6. The third kappa shape index (κ3) is 4.92. The van der Waals surface area contributed by atoms with E-state index < -0.39 is 27.6 Å². The lowest BCUT2D eigenvalue weighted by Crippen LogP contribution is -2.34. The van der Waals surface area contributed by atoms with Crippen molar-refractivity contribution in [2.24, 2.45) is 10.1 Å². The van der Waals surface area contributed by atoms with E-state index in [1.807, 2.05) is 0 Å². The van der Waals surface area contributed by atoms with Crippen LogP contribution in [0, 0.1) is 5.82 Å². The molecule has 2 aromatic rings. The highest BCUT2D eigenvalue weighted by atomic mass is 32.2. The molecule has 0 fully saturated rings. The highest BCUT2D eigenvalue weighted by molar-refractivity contribution is 7.93. The Balaban J connectivity index is 1.66. The Morgan fingerprint density at radius 2 is 1.97 bits per heavy atom. The van der Waals surface area contributed by atoms with Crippen LogP contribution in [0.25, 0.3) is 0 Å². The van der Waals surface area contributed by atoms with Gasteiger partial charge >= 0.3 is 6.18 Å². The van der Waals surface area contributed by atoms with Crippen molar-refractivity contribution in [2.75, 3.05) is 14.1 Å². The molecule has 4 rings (SSSR count). The summed E-state index contributed by atoms with van der Waals surface area (Å²) >= 11 is 0. The number of benzene rings is 2. The van der Waals surface area contributed by atoms with E-state index in [1.54, 1.807) is 26.2 Å². The van der Waals surface area contributed by atoms with Gasteiger partial charge in [-0.25, -0.2) is 17.9 Å². The number of hydrogen-bond donors (Lipinski definition) is 2. The topological polar surface area (TPSA) is 84.5 Å². The molecule has 0 saturated heterocycles. The lowest BCUT2D eigenvalue weighted by molar-refractivity contribution is -0.771. The van der Waals surface area contributed by atoms with Crippen molar-refractivity contribution in [1.29, 1.82) is 0 Å². The zero-order valence-corrected chi connectivity index (χ0v) is 19.4. The SMILES string of the molecule is CNC1Cc2cc(F)c(C[N+]3(C)C=NC(S(N)(=O)=O)=C3)cc2C1Cc1cccc(C(F)(F)F)c1. The molecule has 1 aliphatic heterocycles. The Morgan fingerprint density at radius 1 is 1.24 bits per heavy atom. The minimum absolute atomic E-state index is 0.0637. The van der Waals surface area contributed by atoms with E-state index in [9.17, 15) is 21.6 Å². The average molecular weight is 498 g/mol. The molecule has 1 heterocycles. The van der Waals surface area contributed by atoms with Crippen molar-refractivity contribution < 1.29 is 30.5 Å². The fraction of sp³-hybridized carbons (Fsp3) is 0.348. The van der Waals surface area contributed by atoms with Crippen LogP contribution in [0.3, 0.4) is 0 Å². The fourth-order valence-electron chi connectivity index (χ4n) is 4.71. The van der Waals surface area contributed by atoms with Crippen molar-refractivity contribution in [3.8, 4) is 0 Å². The van der Waals surface area contributed by atoms with E-state index in [-0.39, 0.29) is 28.0 Å². The predicted molar refractivity (Wildman–Crippen MR) is 120 cm³/mol. The summed E-state index contributed by atoms with van der Waals surface area (Å²) in [7, 11) is -0.539. The number of nitrogens with two attached hydrogens (primary N) is 1. The fourth-order valence-corrected chi connectivity index (χ4v) is 5.29. The highest BCUT2D eigenvalue weighted by Gasteiger charge is 2.36. The number of quaternary nitrogens is 1. The number of alkyl halides is 3. The lowest BCUT2D eigenvalue weighted by atomic mass is 9.89. The van der Waals surface area contributed by atoms with Gasteiger partial charge in [0.1, 0.15) is 18.6 Å². The first kappa shape index (κ1) is 24.5. The van der Waals surface area contributed by atoms with Gasteiger partial charge in [0, 0.05) is 17.5 Å². The molecule has 6 nitrogen and oxygen atoms in total. The molecule has 11 heteroatoms. The number of hydrogen-bond acceptors (Lipinski definition) is 4. The zero-order chi connectivity index (χ0) is 24.9. The van der Waals surface area contributed by atoms with Gasteiger partial charge in [0.15, 0.2) is 6.34 Å². The van der Waals surface area contributed by atoms with Crippen molar-refractivity contribution in [1.82, 2.24) is 5.32 Å². The molecular formula is C23H25F4N4O2S+. The molecule has 34 heavy (non-hydrogen) atoms. The second-order valence-corrected chi connectivity index (χ2v) is 10.5. The van der Waals surface area contributed by atoms with Crippen LogP contribution in [-0.2, 0) is 35.6 Å². The number of fused-ring (bicyclic) bond motifs is 1. The van der Waals surface area contributed by atoms with Crippen molar-refractivity contribution >= 4 is 16.4 Å². The van der Waals surface area contributed by atoms with Gasteiger partial charge in [-0.1, -0.05) is 18.2 Å².